The first-order valence-electron chi connectivity index (χ1n) is 8.49. The fourth-order valence-corrected chi connectivity index (χ4v) is 3.43. The third kappa shape index (κ3) is 2.72. The molecule has 130 valence electrons. The molecule has 0 amide bonds. The van der Waals surface area contributed by atoms with E-state index in [1.807, 2.05) is 65.3 Å². The lowest BCUT2D eigenvalue weighted by molar-refractivity contribution is 0.416. The molecular weight excluding hydrogens is 346 g/mol. The van der Waals surface area contributed by atoms with Crippen LogP contribution in [0.4, 0.5) is 0 Å². The van der Waals surface area contributed by atoms with Crippen molar-refractivity contribution >= 4 is 17.2 Å². The standard InChI is InChI=1S/C21H18ClN3O/c1-3-17-20(14-7-6-8-15(22)13-14)21-23-12-11-18(25(21)24-17)16-9-4-5-10-19(16)26-2/h4-13H,3H2,1-2H3. The van der Waals surface area contributed by atoms with Crippen molar-refractivity contribution in [3.63, 3.8) is 0 Å². The van der Waals surface area contributed by atoms with Crippen molar-refractivity contribution in [2.24, 2.45) is 0 Å². The number of halogens is 1. The van der Waals surface area contributed by atoms with E-state index in [0.717, 1.165) is 45.9 Å². The topological polar surface area (TPSA) is 39.4 Å². The summed E-state index contributed by atoms with van der Waals surface area (Å²) in [5.41, 5.74) is 5.76. The van der Waals surface area contributed by atoms with Crippen LogP contribution in [-0.4, -0.2) is 21.7 Å². The molecule has 0 aliphatic rings. The number of hydrogen-bond acceptors (Lipinski definition) is 3. The molecule has 0 radical (unpaired) electrons. The monoisotopic (exact) mass is 363 g/mol. The van der Waals surface area contributed by atoms with Crippen LogP contribution in [-0.2, 0) is 6.42 Å². The van der Waals surface area contributed by atoms with Gasteiger partial charge in [-0.05, 0) is 42.3 Å². The lowest BCUT2D eigenvalue weighted by Gasteiger charge is -2.09. The Labute approximate surface area is 157 Å². The minimum Gasteiger partial charge on any atom is -0.496 e. The highest BCUT2D eigenvalue weighted by Crippen LogP contribution is 2.34. The Hall–Kier alpha value is -2.85. The van der Waals surface area contributed by atoms with Gasteiger partial charge in [-0.1, -0.05) is 42.8 Å². The van der Waals surface area contributed by atoms with Crippen LogP contribution in [0.25, 0.3) is 28.0 Å². The highest BCUT2D eigenvalue weighted by molar-refractivity contribution is 6.30. The molecule has 2 aromatic carbocycles. The SMILES string of the molecule is CCc1nn2c(-c3ccccc3OC)ccnc2c1-c1cccc(Cl)c1. The van der Waals surface area contributed by atoms with Gasteiger partial charge in [0.05, 0.1) is 18.5 Å². The predicted molar refractivity (Wildman–Crippen MR) is 105 cm³/mol. The summed E-state index contributed by atoms with van der Waals surface area (Å²) in [7, 11) is 1.68. The van der Waals surface area contributed by atoms with Crippen molar-refractivity contribution in [1.29, 1.82) is 0 Å². The van der Waals surface area contributed by atoms with Crippen LogP contribution < -0.4 is 4.74 Å². The summed E-state index contributed by atoms with van der Waals surface area (Å²) in [5, 5.41) is 5.54. The van der Waals surface area contributed by atoms with Crippen molar-refractivity contribution in [1.82, 2.24) is 14.6 Å². The minimum absolute atomic E-state index is 0.699. The molecule has 2 heterocycles. The minimum atomic E-state index is 0.699. The van der Waals surface area contributed by atoms with Gasteiger partial charge in [-0.2, -0.15) is 5.10 Å². The second kappa shape index (κ2) is 6.81. The number of aryl methyl sites for hydroxylation is 1. The molecule has 26 heavy (non-hydrogen) atoms. The molecule has 0 spiro atoms. The van der Waals surface area contributed by atoms with Crippen LogP contribution in [0.15, 0.2) is 60.8 Å². The second-order valence-electron chi connectivity index (χ2n) is 5.95. The van der Waals surface area contributed by atoms with Crippen molar-refractivity contribution in [2.45, 2.75) is 13.3 Å². The number of methoxy groups -OCH3 is 1. The number of aromatic nitrogens is 3. The smallest absolute Gasteiger partial charge is 0.163 e. The van der Waals surface area contributed by atoms with Gasteiger partial charge in [0.15, 0.2) is 5.65 Å². The first-order chi connectivity index (χ1) is 12.7. The Balaban J connectivity index is 2.02. The average molecular weight is 364 g/mol. The zero-order valence-corrected chi connectivity index (χ0v) is 15.4. The summed E-state index contributed by atoms with van der Waals surface area (Å²) in [6, 6.07) is 17.7. The zero-order valence-electron chi connectivity index (χ0n) is 14.6. The molecule has 2 aromatic heterocycles. The molecule has 0 atom stereocenters. The van der Waals surface area contributed by atoms with Gasteiger partial charge in [0, 0.05) is 22.3 Å². The quantitative estimate of drug-likeness (QED) is 0.494. The van der Waals surface area contributed by atoms with Crippen LogP contribution in [0.2, 0.25) is 5.02 Å². The Bertz CT molecular complexity index is 1090. The van der Waals surface area contributed by atoms with E-state index in [9.17, 15) is 0 Å². The molecular formula is C21H18ClN3O. The van der Waals surface area contributed by atoms with E-state index >= 15 is 0 Å². The molecule has 0 aliphatic heterocycles. The molecule has 0 unspecified atom stereocenters. The van der Waals surface area contributed by atoms with Crippen LogP contribution >= 0.6 is 11.6 Å². The Morgan fingerprint density at radius 2 is 1.92 bits per heavy atom. The van der Waals surface area contributed by atoms with E-state index in [1.54, 1.807) is 7.11 Å². The van der Waals surface area contributed by atoms with Gasteiger partial charge in [0.1, 0.15) is 5.75 Å². The van der Waals surface area contributed by atoms with Gasteiger partial charge in [-0.25, -0.2) is 9.50 Å². The van der Waals surface area contributed by atoms with Crippen molar-refractivity contribution in [2.75, 3.05) is 7.11 Å². The predicted octanol–water partition coefficient (Wildman–Crippen LogP) is 5.29. The molecule has 0 bridgehead atoms. The Morgan fingerprint density at radius 1 is 1.08 bits per heavy atom. The summed E-state index contributed by atoms with van der Waals surface area (Å²) < 4.78 is 7.43. The first kappa shape index (κ1) is 16.6. The largest absolute Gasteiger partial charge is 0.496 e. The first-order valence-corrected chi connectivity index (χ1v) is 8.86. The van der Waals surface area contributed by atoms with E-state index in [0.29, 0.717) is 5.02 Å². The van der Waals surface area contributed by atoms with Crippen molar-refractivity contribution < 1.29 is 4.74 Å². The fourth-order valence-electron chi connectivity index (χ4n) is 3.24. The number of ether oxygens (including phenoxy) is 1. The third-order valence-electron chi connectivity index (χ3n) is 4.42. The molecule has 4 rings (SSSR count). The van der Waals surface area contributed by atoms with E-state index in [4.69, 9.17) is 21.4 Å². The van der Waals surface area contributed by atoms with E-state index in [1.165, 1.54) is 0 Å². The van der Waals surface area contributed by atoms with Gasteiger partial charge >= 0.3 is 0 Å². The second-order valence-corrected chi connectivity index (χ2v) is 6.39. The summed E-state index contributed by atoms with van der Waals surface area (Å²) in [4.78, 5) is 4.61. The molecule has 5 heteroatoms. The van der Waals surface area contributed by atoms with Gasteiger partial charge < -0.3 is 4.74 Å². The summed E-state index contributed by atoms with van der Waals surface area (Å²) in [6.45, 7) is 2.10. The molecule has 0 saturated carbocycles. The normalized spacial score (nSPS) is 11.0. The number of fused-ring (bicyclic) bond motifs is 1. The summed E-state index contributed by atoms with van der Waals surface area (Å²) in [6.07, 6.45) is 2.61. The number of hydrogen-bond donors (Lipinski definition) is 0. The number of rotatable bonds is 4. The van der Waals surface area contributed by atoms with Gasteiger partial charge in [0.2, 0.25) is 0 Å². The number of benzene rings is 2. The maximum atomic E-state index is 6.21. The van der Waals surface area contributed by atoms with Crippen molar-refractivity contribution in [3.8, 4) is 28.1 Å². The maximum absolute atomic E-state index is 6.21. The molecule has 0 saturated heterocycles. The van der Waals surface area contributed by atoms with E-state index < -0.39 is 0 Å². The van der Waals surface area contributed by atoms with Crippen molar-refractivity contribution in [3.05, 3.63) is 71.5 Å². The van der Waals surface area contributed by atoms with Crippen LogP contribution in [0.5, 0.6) is 5.75 Å². The molecule has 4 nitrogen and oxygen atoms in total. The lowest BCUT2D eigenvalue weighted by atomic mass is 10.0. The molecule has 0 fully saturated rings. The summed E-state index contributed by atoms with van der Waals surface area (Å²) in [5.74, 6) is 0.804. The van der Waals surface area contributed by atoms with Gasteiger partial charge in [-0.3, -0.25) is 0 Å². The van der Waals surface area contributed by atoms with Gasteiger partial charge in [-0.15, -0.1) is 0 Å². The number of para-hydroxylation sites is 1. The van der Waals surface area contributed by atoms with Crippen LogP contribution in [0.3, 0.4) is 0 Å². The third-order valence-corrected chi connectivity index (χ3v) is 4.66. The number of nitrogens with zero attached hydrogens (tertiary/aromatic N) is 3. The Morgan fingerprint density at radius 3 is 2.69 bits per heavy atom. The highest BCUT2D eigenvalue weighted by Gasteiger charge is 2.18. The lowest BCUT2D eigenvalue weighted by Crippen LogP contribution is -1.98. The van der Waals surface area contributed by atoms with E-state index in [-0.39, 0.29) is 0 Å². The van der Waals surface area contributed by atoms with E-state index in [2.05, 4.69) is 11.9 Å². The molecule has 4 aromatic rings. The molecule has 0 N–H and O–H groups in total. The summed E-state index contributed by atoms with van der Waals surface area (Å²) >= 11 is 6.21. The fraction of sp³-hybridized carbons (Fsp3) is 0.143. The van der Waals surface area contributed by atoms with Crippen LogP contribution in [0.1, 0.15) is 12.6 Å². The van der Waals surface area contributed by atoms with Gasteiger partial charge in [0.25, 0.3) is 0 Å². The zero-order chi connectivity index (χ0) is 18.1. The average Bonchev–Trinajstić information content (AvgIpc) is 3.06. The maximum Gasteiger partial charge on any atom is 0.163 e. The Kier molecular flexibility index (Phi) is 4.35. The van der Waals surface area contributed by atoms with Crippen LogP contribution in [0, 0.1) is 0 Å². The highest BCUT2D eigenvalue weighted by atomic mass is 35.5. The molecule has 0 aliphatic carbocycles.